The molecule has 0 spiro atoms. The molecular weight excluding hydrogens is 272 g/mol. The molecule has 0 saturated carbocycles. The minimum Gasteiger partial charge on any atom is -0.353 e. The van der Waals surface area contributed by atoms with Crippen LogP contribution in [0.3, 0.4) is 0 Å². The molecule has 0 heterocycles. The molecule has 2 N–H and O–H groups in total. The number of hydrogen-bond acceptors (Lipinski definition) is 2. The third-order valence-corrected chi connectivity index (χ3v) is 4.90. The lowest BCUT2D eigenvalue weighted by Crippen LogP contribution is -2.41. The van der Waals surface area contributed by atoms with Crippen LogP contribution in [0.5, 0.6) is 0 Å². The third-order valence-electron chi connectivity index (χ3n) is 4.90. The second kappa shape index (κ2) is 12.9. The first kappa shape index (κ1) is 21.4. The van der Waals surface area contributed by atoms with Gasteiger partial charge in [-0.15, -0.1) is 0 Å². The van der Waals surface area contributed by atoms with Crippen LogP contribution in [0.4, 0.5) is 0 Å². The van der Waals surface area contributed by atoms with E-state index in [0.717, 1.165) is 45.2 Å². The van der Waals surface area contributed by atoms with Gasteiger partial charge in [0.15, 0.2) is 0 Å². The first-order valence-electron chi connectivity index (χ1n) is 9.49. The Hall–Kier alpha value is -0.570. The highest BCUT2D eigenvalue weighted by Crippen LogP contribution is 2.19. The van der Waals surface area contributed by atoms with Crippen LogP contribution in [0.2, 0.25) is 0 Å². The van der Waals surface area contributed by atoms with Crippen molar-refractivity contribution in [3.05, 3.63) is 0 Å². The Bertz CT molecular complexity index is 281. The Labute approximate surface area is 139 Å². The van der Waals surface area contributed by atoms with Crippen LogP contribution in [0.1, 0.15) is 80.1 Å². The van der Waals surface area contributed by atoms with E-state index in [9.17, 15) is 4.79 Å². The van der Waals surface area contributed by atoms with E-state index >= 15 is 0 Å². The molecule has 4 unspecified atom stereocenters. The van der Waals surface area contributed by atoms with Crippen LogP contribution in [-0.4, -0.2) is 25.0 Å². The zero-order valence-electron chi connectivity index (χ0n) is 15.9. The van der Waals surface area contributed by atoms with Crippen molar-refractivity contribution < 1.29 is 4.79 Å². The summed E-state index contributed by atoms with van der Waals surface area (Å²) in [6, 6.07) is 0.312. The van der Waals surface area contributed by atoms with Gasteiger partial charge in [0, 0.05) is 12.0 Å². The number of hydrogen-bond donors (Lipinski definition) is 2. The van der Waals surface area contributed by atoms with Gasteiger partial charge in [0.25, 0.3) is 0 Å². The van der Waals surface area contributed by atoms with Crippen molar-refractivity contribution in [3.63, 3.8) is 0 Å². The van der Waals surface area contributed by atoms with E-state index in [2.05, 4.69) is 52.2 Å². The van der Waals surface area contributed by atoms with Gasteiger partial charge in [-0.3, -0.25) is 4.79 Å². The first-order valence-corrected chi connectivity index (χ1v) is 9.49. The number of carbonyl (C=O) groups is 1. The van der Waals surface area contributed by atoms with Crippen LogP contribution in [-0.2, 0) is 4.79 Å². The molecule has 0 aromatic rings. The maximum atomic E-state index is 12.6. The maximum absolute atomic E-state index is 12.6. The lowest BCUT2D eigenvalue weighted by molar-refractivity contribution is -0.126. The Balaban J connectivity index is 4.54. The van der Waals surface area contributed by atoms with Crippen molar-refractivity contribution in [1.82, 2.24) is 10.6 Å². The summed E-state index contributed by atoms with van der Waals surface area (Å²) in [5.74, 6) is 1.74. The average molecular weight is 313 g/mol. The summed E-state index contributed by atoms with van der Waals surface area (Å²) >= 11 is 0. The smallest absolute Gasteiger partial charge is 0.223 e. The molecule has 3 nitrogen and oxygen atoms in total. The second-order valence-electron chi connectivity index (χ2n) is 6.95. The monoisotopic (exact) mass is 312 g/mol. The fourth-order valence-corrected chi connectivity index (χ4v) is 2.78. The lowest BCUT2D eigenvalue weighted by atomic mass is 9.90. The van der Waals surface area contributed by atoms with Crippen molar-refractivity contribution >= 4 is 5.91 Å². The maximum Gasteiger partial charge on any atom is 0.223 e. The summed E-state index contributed by atoms with van der Waals surface area (Å²) in [6.07, 6.45) is 6.41. The van der Waals surface area contributed by atoms with Gasteiger partial charge < -0.3 is 10.6 Å². The second-order valence-corrected chi connectivity index (χ2v) is 6.95. The quantitative estimate of drug-likeness (QED) is 0.496. The molecule has 0 aromatic carbocycles. The highest BCUT2D eigenvalue weighted by molar-refractivity contribution is 5.78. The molecule has 0 rings (SSSR count). The summed E-state index contributed by atoms with van der Waals surface area (Å²) in [6.45, 7) is 15.2. The van der Waals surface area contributed by atoms with E-state index in [4.69, 9.17) is 0 Å². The highest BCUT2D eigenvalue weighted by atomic mass is 16.1. The van der Waals surface area contributed by atoms with E-state index in [1.165, 1.54) is 6.42 Å². The molecule has 4 atom stereocenters. The molecule has 0 radical (unpaired) electrons. The van der Waals surface area contributed by atoms with Gasteiger partial charge in [0.2, 0.25) is 5.91 Å². The molecule has 1 amide bonds. The Morgan fingerprint density at radius 2 is 1.50 bits per heavy atom. The molecular formula is C19H40N2O. The molecule has 0 saturated heterocycles. The lowest BCUT2D eigenvalue weighted by Gasteiger charge is -2.25. The molecule has 132 valence electrons. The Morgan fingerprint density at radius 3 is 2.00 bits per heavy atom. The molecule has 3 heteroatoms. The van der Waals surface area contributed by atoms with Crippen molar-refractivity contribution in [2.24, 2.45) is 17.8 Å². The zero-order valence-corrected chi connectivity index (χ0v) is 15.9. The molecule has 0 aliphatic rings. The van der Waals surface area contributed by atoms with Crippen molar-refractivity contribution in [1.29, 1.82) is 0 Å². The van der Waals surface area contributed by atoms with Crippen molar-refractivity contribution in [3.8, 4) is 0 Å². The summed E-state index contributed by atoms with van der Waals surface area (Å²) in [5, 5.41) is 6.72. The van der Waals surface area contributed by atoms with Gasteiger partial charge in [-0.05, 0) is 50.6 Å². The largest absolute Gasteiger partial charge is 0.353 e. The van der Waals surface area contributed by atoms with Gasteiger partial charge in [-0.1, -0.05) is 54.4 Å². The Morgan fingerprint density at radius 1 is 0.909 bits per heavy atom. The summed E-state index contributed by atoms with van der Waals surface area (Å²) in [5.41, 5.74) is 0. The fraction of sp³-hybridized carbons (Fsp3) is 0.947. The van der Waals surface area contributed by atoms with E-state index < -0.39 is 0 Å². The summed E-state index contributed by atoms with van der Waals surface area (Å²) in [4.78, 5) is 12.6. The van der Waals surface area contributed by atoms with Gasteiger partial charge in [0.1, 0.15) is 0 Å². The molecule has 0 aliphatic heterocycles. The standard InChI is InChI=1S/C19H40N2O/c1-7-15(5)13-17(9-3)19(22)21-18(11-12-20-10-4)14-16(6)8-2/h15-18,20H,7-14H2,1-6H3,(H,21,22). The molecule has 0 fully saturated rings. The molecule has 0 bridgehead atoms. The van der Waals surface area contributed by atoms with Crippen molar-refractivity contribution in [2.45, 2.75) is 86.1 Å². The normalized spacial score (nSPS) is 16.8. The van der Waals surface area contributed by atoms with E-state index in [0.29, 0.717) is 17.9 Å². The predicted octanol–water partition coefficient (Wildman–Crippen LogP) is 4.37. The number of carbonyl (C=O) groups excluding carboxylic acids is 1. The van der Waals surface area contributed by atoms with Crippen LogP contribution < -0.4 is 10.6 Å². The highest BCUT2D eigenvalue weighted by Gasteiger charge is 2.22. The van der Waals surface area contributed by atoms with Gasteiger partial charge in [-0.2, -0.15) is 0 Å². The minimum atomic E-state index is 0.175. The van der Waals surface area contributed by atoms with Crippen LogP contribution in [0, 0.1) is 17.8 Å². The van der Waals surface area contributed by atoms with Crippen LogP contribution in [0.15, 0.2) is 0 Å². The van der Waals surface area contributed by atoms with Gasteiger partial charge in [-0.25, -0.2) is 0 Å². The molecule has 0 aliphatic carbocycles. The SMILES string of the molecule is CCNCCC(CC(C)CC)NC(=O)C(CC)CC(C)CC. The van der Waals surface area contributed by atoms with Crippen molar-refractivity contribution in [2.75, 3.05) is 13.1 Å². The minimum absolute atomic E-state index is 0.175. The number of rotatable bonds is 13. The van der Waals surface area contributed by atoms with E-state index in [1.54, 1.807) is 0 Å². The first-order chi connectivity index (χ1) is 10.5. The van der Waals surface area contributed by atoms with E-state index in [1.807, 2.05) is 0 Å². The Kier molecular flexibility index (Phi) is 12.6. The number of amides is 1. The summed E-state index contributed by atoms with van der Waals surface area (Å²) in [7, 11) is 0. The predicted molar refractivity (Wildman–Crippen MR) is 97.0 cm³/mol. The molecule has 0 aromatic heterocycles. The van der Waals surface area contributed by atoms with Crippen LogP contribution in [0.25, 0.3) is 0 Å². The fourth-order valence-electron chi connectivity index (χ4n) is 2.78. The van der Waals surface area contributed by atoms with Gasteiger partial charge >= 0.3 is 0 Å². The van der Waals surface area contributed by atoms with E-state index in [-0.39, 0.29) is 11.8 Å². The third kappa shape index (κ3) is 9.45. The zero-order chi connectivity index (χ0) is 17.0. The topological polar surface area (TPSA) is 41.1 Å². The number of nitrogens with one attached hydrogen (secondary N) is 2. The summed E-state index contributed by atoms with van der Waals surface area (Å²) < 4.78 is 0. The van der Waals surface area contributed by atoms with Gasteiger partial charge in [0.05, 0.1) is 0 Å². The van der Waals surface area contributed by atoms with Crippen LogP contribution >= 0.6 is 0 Å². The average Bonchev–Trinajstić information content (AvgIpc) is 2.51. The molecule has 22 heavy (non-hydrogen) atoms.